The normalized spacial score (nSPS) is 18.2. The Kier molecular flexibility index (Phi) is 6.50. The fourth-order valence-corrected chi connectivity index (χ4v) is 6.92. The number of pyridine rings is 2. The summed E-state index contributed by atoms with van der Waals surface area (Å²) in [7, 11) is -3.45. The molecule has 0 fully saturated rings. The van der Waals surface area contributed by atoms with Gasteiger partial charge in [0.15, 0.2) is 0 Å². The van der Waals surface area contributed by atoms with Crippen LogP contribution in [-0.4, -0.2) is 58.3 Å². The van der Waals surface area contributed by atoms with Crippen LogP contribution in [-0.2, 0) is 49.5 Å². The molecule has 12 heteroatoms. The van der Waals surface area contributed by atoms with Crippen LogP contribution in [0.15, 0.2) is 35.1 Å². The fourth-order valence-electron chi connectivity index (χ4n) is 5.73. The van der Waals surface area contributed by atoms with Gasteiger partial charge in [-0.3, -0.25) is 4.79 Å². The summed E-state index contributed by atoms with van der Waals surface area (Å²) in [6.45, 7) is 5.36. The minimum Gasteiger partial charge on any atom is -0.457 e. The number of benzene rings is 1. The SMILES string of the molecule is CC[C@@]1(OC(=O)O)C(=O)OCc2c1cc1n(c2=O)Cc2c-1nc1ccccc1c2CCN(C(C)C)S(C)(=O)=O. The zero-order valence-electron chi connectivity index (χ0n) is 22.1. The van der Waals surface area contributed by atoms with Crippen LogP contribution in [0, 0.1) is 0 Å². The number of para-hydroxylation sites is 1. The highest BCUT2D eigenvalue weighted by Gasteiger charge is 2.50. The van der Waals surface area contributed by atoms with Gasteiger partial charge in [0.1, 0.15) is 6.61 Å². The summed E-state index contributed by atoms with van der Waals surface area (Å²) in [6.07, 6.45) is -0.144. The highest BCUT2D eigenvalue weighted by atomic mass is 32.2. The maximum Gasteiger partial charge on any atom is 0.507 e. The van der Waals surface area contributed by atoms with Gasteiger partial charge in [-0.05, 0) is 44.4 Å². The quantitative estimate of drug-likeness (QED) is 0.340. The van der Waals surface area contributed by atoms with Crippen LogP contribution in [0.3, 0.4) is 0 Å². The van der Waals surface area contributed by atoms with E-state index >= 15 is 0 Å². The average molecular weight is 556 g/mol. The molecule has 4 heterocycles. The molecular formula is C27H29N3O8S. The van der Waals surface area contributed by atoms with E-state index in [2.05, 4.69) is 0 Å². The first-order valence-electron chi connectivity index (χ1n) is 12.6. The van der Waals surface area contributed by atoms with Crippen molar-refractivity contribution in [2.45, 2.75) is 58.4 Å². The highest BCUT2D eigenvalue weighted by molar-refractivity contribution is 7.88. The summed E-state index contributed by atoms with van der Waals surface area (Å²) in [6, 6.07) is 8.86. The fraction of sp³-hybridized carbons (Fsp3) is 0.407. The number of carbonyl (C=O) groups is 2. The molecule has 0 aliphatic carbocycles. The van der Waals surface area contributed by atoms with E-state index in [1.807, 2.05) is 38.1 Å². The molecular weight excluding hydrogens is 526 g/mol. The number of sulfonamides is 1. The lowest BCUT2D eigenvalue weighted by atomic mass is 9.85. The second-order valence-corrected chi connectivity index (χ2v) is 12.0. The van der Waals surface area contributed by atoms with Crippen LogP contribution in [0.4, 0.5) is 4.79 Å². The van der Waals surface area contributed by atoms with Crippen LogP contribution in [0.25, 0.3) is 22.3 Å². The number of aromatic nitrogens is 2. The molecule has 11 nitrogen and oxygen atoms in total. The number of ether oxygens (including phenoxy) is 2. The zero-order valence-corrected chi connectivity index (χ0v) is 22.9. The Morgan fingerprint density at radius 3 is 2.62 bits per heavy atom. The zero-order chi connectivity index (χ0) is 28.3. The average Bonchev–Trinajstić information content (AvgIpc) is 3.23. The number of esters is 1. The molecule has 39 heavy (non-hydrogen) atoms. The largest absolute Gasteiger partial charge is 0.507 e. The van der Waals surface area contributed by atoms with Crippen LogP contribution in [0.2, 0.25) is 0 Å². The first kappa shape index (κ1) is 26.8. The highest BCUT2D eigenvalue weighted by Crippen LogP contribution is 2.42. The van der Waals surface area contributed by atoms with Crippen molar-refractivity contribution in [3.05, 3.63) is 62.9 Å². The number of rotatable bonds is 7. The number of nitrogens with zero attached hydrogens (tertiary/aromatic N) is 3. The van der Waals surface area contributed by atoms with E-state index in [1.54, 1.807) is 13.0 Å². The van der Waals surface area contributed by atoms with Gasteiger partial charge in [-0.2, -0.15) is 4.31 Å². The summed E-state index contributed by atoms with van der Waals surface area (Å²) in [5.41, 5.74) is 1.21. The van der Waals surface area contributed by atoms with Crippen molar-refractivity contribution in [1.29, 1.82) is 0 Å². The van der Waals surface area contributed by atoms with Gasteiger partial charge in [0.25, 0.3) is 5.56 Å². The molecule has 0 saturated carbocycles. The lowest BCUT2D eigenvalue weighted by Gasteiger charge is -2.34. The number of carboxylic acid groups (broad SMARTS) is 1. The minimum atomic E-state index is -3.45. The predicted molar refractivity (Wildman–Crippen MR) is 142 cm³/mol. The maximum atomic E-state index is 13.7. The molecule has 206 valence electrons. The third-order valence-electron chi connectivity index (χ3n) is 7.53. The summed E-state index contributed by atoms with van der Waals surface area (Å²) in [4.78, 5) is 43.0. The molecule has 0 unspecified atom stereocenters. The monoisotopic (exact) mass is 555 g/mol. The summed E-state index contributed by atoms with van der Waals surface area (Å²) in [5.74, 6) is -0.871. The van der Waals surface area contributed by atoms with Crippen molar-refractivity contribution < 1.29 is 32.6 Å². The summed E-state index contributed by atoms with van der Waals surface area (Å²) < 4.78 is 38.1. The van der Waals surface area contributed by atoms with Crippen molar-refractivity contribution >= 4 is 33.1 Å². The smallest absolute Gasteiger partial charge is 0.457 e. The van der Waals surface area contributed by atoms with Crippen LogP contribution < -0.4 is 5.56 Å². The second-order valence-electron chi connectivity index (χ2n) is 10.1. The number of hydrogen-bond acceptors (Lipinski definition) is 8. The van der Waals surface area contributed by atoms with E-state index in [0.29, 0.717) is 23.3 Å². The molecule has 5 rings (SSSR count). The number of hydrogen-bond donors (Lipinski definition) is 1. The Morgan fingerprint density at radius 2 is 1.97 bits per heavy atom. The molecule has 1 aromatic carbocycles. The van der Waals surface area contributed by atoms with Crippen molar-refractivity contribution in [1.82, 2.24) is 13.9 Å². The van der Waals surface area contributed by atoms with Crippen molar-refractivity contribution in [3.63, 3.8) is 0 Å². The van der Waals surface area contributed by atoms with Crippen LogP contribution in [0.5, 0.6) is 0 Å². The molecule has 2 aliphatic rings. The van der Waals surface area contributed by atoms with E-state index in [0.717, 1.165) is 16.5 Å². The standard InChI is InChI=1S/C27H29N3O8S/c1-5-27(38-26(33)34)20-12-22-23-18(13-29(22)24(31)19(20)14-37-25(27)32)16(17-8-6-7-9-21(17)28-23)10-11-30(15(2)3)39(4,35)36/h6-9,12,15H,5,10-11,13-14H2,1-4H3,(H,33,34)/t27-/m0/s1. The van der Waals surface area contributed by atoms with Gasteiger partial charge in [0.2, 0.25) is 15.6 Å². The summed E-state index contributed by atoms with van der Waals surface area (Å²) >= 11 is 0. The van der Waals surface area contributed by atoms with Crippen LogP contribution >= 0.6 is 0 Å². The van der Waals surface area contributed by atoms with E-state index in [4.69, 9.17) is 14.5 Å². The van der Waals surface area contributed by atoms with Gasteiger partial charge in [-0.25, -0.2) is 23.0 Å². The van der Waals surface area contributed by atoms with Crippen LogP contribution in [0.1, 0.15) is 49.4 Å². The molecule has 2 aromatic heterocycles. The van der Waals surface area contributed by atoms with Gasteiger partial charge in [-0.15, -0.1) is 0 Å². The van der Waals surface area contributed by atoms with Gasteiger partial charge >= 0.3 is 12.1 Å². The van der Waals surface area contributed by atoms with E-state index < -0.39 is 33.3 Å². The topological polar surface area (TPSA) is 145 Å². The molecule has 1 N–H and O–H groups in total. The molecule has 0 amide bonds. The Hall–Kier alpha value is -3.77. The first-order chi connectivity index (χ1) is 18.4. The second kappa shape index (κ2) is 9.45. The number of fused-ring (bicyclic) bond motifs is 5. The van der Waals surface area contributed by atoms with E-state index in [-0.39, 0.29) is 43.3 Å². The molecule has 0 radical (unpaired) electrons. The molecule has 0 saturated heterocycles. The van der Waals surface area contributed by atoms with Gasteiger partial charge in [-0.1, -0.05) is 25.1 Å². The Morgan fingerprint density at radius 1 is 1.26 bits per heavy atom. The van der Waals surface area contributed by atoms with Gasteiger partial charge in [0.05, 0.1) is 35.3 Å². The van der Waals surface area contributed by atoms with Crippen molar-refractivity contribution in [3.8, 4) is 11.4 Å². The van der Waals surface area contributed by atoms with Gasteiger partial charge in [0, 0.05) is 29.1 Å². The molecule has 0 bridgehead atoms. The van der Waals surface area contributed by atoms with Crippen molar-refractivity contribution in [2.24, 2.45) is 0 Å². The molecule has 2 aliphatic heterocycles. The Labute approximate surface area is 225 Å². The number of cyclic esters (lactones) is 1. The molecule has 3 aromatic rings. The third-order valence-corrected chi connectivity index (χ3v) is 8.98. The first-order valence-corrected chi connectivity index (χ1v) is 14.5. The molecule has 1 atom stereocenters. The summed E-state index contributed by atoms with van der Waals surface area (Å²) in [5, 5.41) is 10.3. The maximum absolute atomic E-state index is 13.7. The third kappa shape index (κ3) is 4.27. The minimum absolute atomic E-state index is 0.0617. The lowest BCUT2D eigenvalue weighted by molar-refractivity contribution is -0.174. The Balaban J connectivity index is 1.71. The van der Waals surface area contributed by atoms with E-state index in [1.165, 1.54) is 15.1 Å². The Bertz CT molecular complexity index is 1700. The van der Waals surface area contributed by atoms with E-state index in [9.17, 15) is 27.9 Å². The van der Waals surface area contributed by atoms with Crippen molar-refractivity contribution in [2.75, 3.05) is 12.8 Å². The lowest BCUT2D eigenvalue weighted by Crippen LogP contribution is -2.47. The van der Waals surface area contributed by atoms with Gasteiger partial charge < -0.3 is 19.1 Å². The predicted octanol–water partition coefficient (Wildman–Crippen LogP) is 2.99. The molecule has 0 spiro atoms. The number of carbonyl (C=O) groups excluding carboxylic acids is 1.